The van der Waals surface area contributed by atoms with Crippen molar-refractivity contribution in [3.8, 4) is 0 Å². The fourth-order valence-corrected chi connectivity index (χ4v) is 2.10. The third kappa shape index (κ3) is 4.34. The number of nitrogens with one attached hydrogen (secondary N) is 1. The average Bonchev–Trinajstić information content (AvgIpc) is 2.50. The van der Waals surface area contributed by atoms with E-state index in [9.17, 15) is 14.4 Å². The molecule has 1 N–H and O–H groups in total. The minimum absolute atomic E-state index is 0.196. The average molecular weight is 332 g/mol. The number of methoxy groups -OCH3 is 1. The van der Waals surface area contributed by atoms with Crippen LogP contribution in [0, 0.1) is 0 Å². The van der Waals surface area contributed by atoms with Gasteiger partial charge < -0.3 is 14.8 Å². The number of ether oxygens (including phenoxy) is 2. The molecule has 0 fully saturated rings. The summed E-state index contributed by atoms with van der Waals surface area (Å²) in [5.41, 5.74) is 0.550. The van der Waals surface area contributed by atoms with Crippen molar-refractivity contribution in [3.05, 3.63) is 51.9 Å². The van der Waals surface area contributed by atoms with Crippen LogP contribution in [0.5, 0.6) is 0 Å². The zero-order chi connectivity index (χ0) is 17.9. The number of fused-ring (bicyclic) bond motifs is 1. The van der Waals surface area contributed by atoms with Crippen molar-refractivity contribution in [2.24, 2.45) is 0 Å². The number of pyridine rings is 2. The second-order valence-electron chi connectivity index (χ2n) is 6.26. The topological polar surface area (TPSA) is 86.1 Å². The molecule has 0 aliphatic heterocycles. The van der Waals surface area contributed by atoms with E-state index in [1.54, 1.807) is 45.2 Å². The van der Waals surface area contributed by atoms with Crippen LogP contribution in [-0.2, 0) is 16.0 Å². The Morgan fingerprint density at radius 2 is 1.92 bits per heavy atom. The quantitative estimate of drug-likeness (QED) is 0.870. The summed E-state index contributed by atoms with van der Waals surface area (Å²) in [7, 11) is 1.26. The van der Waals surface area contributed by atoms with Gasteiger partial charge in [0.2, 0.25) is 0 Å². The van der Waals surface area contributed by atoms with Crippen molar-refractivity contribution >= 4 is 17.6 Å². The molecule has 0 saturated carbocycles. The number of carbonyl (C=O) groups excluding carboxylic acids is 2. The van der Waals surface area contributed by atoms with Crippen LogP contribution in [0.1, 0.15) is 36.7 Å². The monoisotopic (exact) mass is 332 g/mol. The molecule has 1 amide bonds. The van der Waals surface area contributed by atoms with Crippen molar-refractivity contribution in [2.75, 3.05) is 7.11 Å². The minimum atomic E-state index is -0.575. The molecular formula is C17H20N2O5. The van der Waals surface area contributed by atoms with Gasteiger partial charge in [-0.15, -0.1) is 0 Å². The molecule has 0 spiro atoms. The summed E-state index contributed by atoms with van der Waals surface area (Å²) in [4.78, 5) is 35.3. The van der Waals surface area contributed by atoms with Crippen molar-refractivity contribution in [3.63, 3.8) is 0 Å². The predicted octanol–water partition coefficient (Wildman–Crippen LogP) is 2.11. The number of esters is 1. The molecule has 2 aromatic rings. The van der Waals surface area contributed by atoms with E-state index in [0.29, 0.717) is 5.52 Å². The Morgan fingerprint density at radius 1 is 1.21 bits per heavy atom. The standard InChI is InChI=1S/C17H20N2O5/c1-17(2,3)24-16(22)18-9-11-5-6-13-7-12(15(21)23-4)8-14(20)19(13)10-11/h5-8,10H,9H2,1-4H3,(H,18,22). The Balaban J connectivity index is 2.20. The smallest absolute Gasteiger partial charge is 0.407 e. The molecule has 2 heterocycles. The zero-order valence-corrected chi connectivity index (χ0v) is 14.1. The summed E-state index contributed by atoms with van der Waals surface area (Å²) in [6, 6.07) is 6.23. The van der Waals surface area contributed by atoms with Gasteiger partial charge in [0.05, 0.1) is 12.7 Å². The lowest BCUT2D eigenvalue weighted by molar-refractivity contribution is 0.0522. The maximum atomic E-state index is 12.1. The summed E-state index contributed by atoms with van der Waals surface area (Å²) in [5.74, 6) is -0.565. The van der Waals surface area contributed by atoms with Gasteiger partial charge in [-0.05, 0) is 38.5 Å². The van der Waals surface area contributed by atoms with E-state index >= 15 is 0 Å². The van der Waals surface area contributed by atoms with Crippen LogP contribution >= 0.6 is 0 Å². The molecule has 0 aliphatic rings. The van der Waals surface area contributed by atoms with E-state index in [0.717, 1.165) is 5.56 Å². The molecule has 128 valence electrons. The van der Waals surface area contributed by atoms with Crippen molar-refractivity contribution in [1.82, 2.24) is 9.72 Å². The van der Waals surface area contributed by atoms with Crippen LogP contribution < -0.4 is 10.9 Å². The molecule has 7 nitrogen and oxygen atoms in total. The first kappa shape index (κ1) is 17.5. The lowest BCUT2D eigenvalue weighted by atomic mass is 10.2. The number of aromatic nitrogens is 1. The Labute approximate surface area is 139 Å². The first-order chi connectivity index (χ1) is 11.2. The second kappa shape index (κ2) is 6.74. The van der Waals surface area contributed by atoms with Crippen LogP contribution in [0.4, 0.5) is 4.79 Å². The van der Waals surface area contributed by atoms with Gasteiger partial charge in [-0.2, -0.15) is 0 Å². The lowest BCUT2D eigenvalue weighted by Crippen LogP contribution is -2.32. The van der Waals surface area contributed by atoms with Crippen LogP contribution in [0.15, 0.2) is 35.3 Å². The van der Waals surface area contributed by atoms with Gasteiger partial charge in [-0.1, -0.05) is 6.07 Å². The van der Waals surface area contributed by atoms with E-state index in [1.807, 2.05) is 0 Å². The summed E-state index contributed by atoms with van der Waals surface area (Å²) < 4.78 is 11.2. The number of hydrogen-bond acceptors (Lipinski definition) is 5. The molecule has 24 heavy (non-hydrogen) atoms. The van der Waals surface area contributed by atoms with Crippen molar-refractivity contribution in [1.29, 1.82) is 0 Å². The number of hydrogen-bond donors (Lipinski definition) is 1. The summed E-state index contributed by atoms with van der Waals surface area (Å²) in [6.07, 6.45) is 1.08. The van der Waals surface area contributed by atoms with Gasteiger partial charge >= 0.3 is 12.1 Å². The number of carbonyl (C=O) groups is 2. The maximum Gasteiger partial charge on any atom is 0.407 e. The highest BCUT2D eigenvalue weighted by molar-refractivity contribution is 5.90. The Hall–Kier alpha value is -2.83. The van der Waals surface area contributed by atoms with E-state index in [2.05, 4.69) is 10.1 Å². The second-order valence-corrected chi connectivity index (χ2v) is 6.26. The number of alkyl carbamates (subject to hydrolysis) is 1. The maximum absolute atomic E-state index is 12.1. The van der Waals surface area contributed by atoms with Gasteiger partial charge in [0, 0.05) is 24.3 Å². The molecule has 0 unspecified atom stereocenters. The Kier molecular flexibility index (Phi) is 4.92. The summed E-state index contributed by atoms with van der Waals surface area (Å²) in [6.45, 7) is 5.55. The number of rotatable bonds is 3. The first-order valence-corrected chi connectivity index (χ1v) is 7.40. The SMILES string of the molecule is COC(=O)c1cc(=O)n2cc(CNC(=O)OC(C)(C)C)ccc2c1. The Bertz CT molecular complexity index is 833. The first-order valence-electron chi connectivity index (χ1n) is 7.40. The van der Waals surface area contributed by atoms with Crippen LogP contribution in [-0.4, -0.2) is 29.2 Å². The molecule has 2 rings (SSSR count). The van der Waals surface area contributed by atoms with Crippen molar-refractivity contribution in [2.45, 2.75) is 32.9 Å². The van der Waals surface area contributed by atoms with E-state index in [4.69, 9.17) is 4.74 Å². The van der Waals surface area contributed by atoms with Gasteiger partial charge in [-0.25, -0.2) is 9.59 Å². The third-order valence-corrected chi connectivity index (χ3v) is 3.12. The molecule has 0 bridgehead atoms. The number of nitrogens with zero attached hydrogens (tertiary/aromatic N) is 1. The largest absolute Gasteiger partial charge is 0.465 e. The molecule has 2 aromatic heterocycles. The molecule has 0 saturated heterocycles. The summed E-state index contributed by atoms with van der Waals surface area (Å²) >= 11 is 0. The lowest BCUT2D eigenvalue weighted by Gasteiger charge is -2.19. The highest BCUT2D eigenvalue weighted by Gasteiger charge is 2.16. The molecule has 0 aliphatic carbocycles. The molecule has 7 heteroatoms. The van der Waals surface area contributed by atoms with Gasteiger partial charge in [-0.3, -0.25) is 9.20 Å². The molecule has 0 radical (unpaired) electrons. The zero-order valence-electron chi connectivity index (χ0n) is 14.1. The highest BCUT2D eigenvalue weighted by atomic mass is 16.6. The highest BCUT2D eigenvalue weighted by Crippen LogP contribution is 2.09. The molecular weight excluding hydrogens is 312 g/mol. The third-order valence-electron chi connectivity index (χ3n) is 3.12. The van der Waals surface area contributed by atoms with Crippen LogP contribution in [0.2, 0.25) is 0 Å². The van der Waals surface area contributed by atoms with Crippen LogP contribution in [0.3, 0.4) is 0 Å². The molecule has 0 aromatic carbocycles. The molecule has 0 atom stereocenters. The Morgan fingerprint density at radius 3 is 2.54 bits per heavy atom. The van der Waals surface area contributed by atoms with Gasteiger partial charge in [0.15, 0.2) is 0 Å². The van der Waals surface area contributed by atoms with Gasteiger partial charge in [0.25, 0.3) is 5.56 Å². The van der Waals surface area contributed by atoms with Gasteiger partial charge in [0.1, 0.15) is 5.60 Å². The van der Waals surface area contributed by atoms with Crippen LogP contribution in [0.25, 0.3) is 5.52 Å². The summed E-state index contributed by atoms with van der Waals surface area (Å²) in [5, 5.41) is 2.63. The van der Waals surface area contributed by atoms with Crippen molar-refractivity contribution < 1.29 is 19.1 Å². The fraction of sp³-hybridized carbons (Fsp3) is 0.353. The normalized spacial score (nSPS) is 11.2. The minimum Gasteiger partial charge on any atom is -0.465 e. The fourth-order valence-electron chi connectivity index (χ4n) is 2.10. The van der Waals surface area contributed by atoms with E-state index in [-0.39, 0.29) is 17.7 Å². The predicted molar refractivity (Wildman–Crippen MR) is 88.1 cm³/mol. The van der Waals surface area contributed by atoms with E-state index in [1.165, 1.54) is 17.6 Å². The number of amides is 1. The van der Waals surface area contributed by atoms with E-state index < -0.39 is 17.7 Å².